The normalized spacial score (nSPS) is 11.6. The molecule has 0 atom stereocenters. The third-order valence-corrected chi connectivity index (χ3v) is 14.5. The third kappa shape index (κ3) is 7.22. The number of hydrogen-bond acceptors (Lipinski definition) is 2. The van der Waals surface area contributed by atoms with Crippen LogP contribution in [0, 0.1) is 27.7 Å². The van der Waals surface area contributed by atoms with Crippen molar-refractivity contribution in [2.75, 3.05) is 9.80 Å². The molecule has 0 aliphatic rings. The molecule has 0 aliphatic heterocycles. The topological polar surface area (TPSA) is 16.3 Å². The van der Waals surface area contributed by atoms with E-state index in [9.17, 15) is 0 Å². The summed E-state index contributed by atoms with van der Waals surface area (Å²) in [6.45, 7) is 8.58. The first-order valence-corrected chi connectivity index (χ1v) is 24.9. The molecule has 2 heterocycles. The van der Waals surface area contributed by atoms with Gasteiger partial charge in [-0.3, -0.25) is 0 Å². The van der Waals surface area contributed by atoms with Gasteiger partial charge in [0.2, 0.25) is 0 Å². The van der Waals surface area contributed by atoms with E-state index >= 15 is 0 Å². The molecule has 0 saturated carbocycles. The predicted molar refractivity (Wildman–Crippen MR) is 306 cm³/mol. The average molecular weight is 925 g/mol. The number of aromatic nitrogens is 2. The van der Waals surface area contributed by atoms with Crippen LogP contribution in [0.15, 0.2) is 243 Å². The van der Waals surface area contributed by atoms with Crippen molar-refractivity contribution in [1.82, 2.24) is 9.13 Å². The van der Waals surface area contributed by atoms with Crippen LogP contribution < -0.4 is 9.80 Å². The lowest BCUT2D eigenvalue weighted by molar-refractivity contribution is 1.15. The Hall–Kier alpha value is -9.12. The number of para-hydroxylation sites is 2. The highest BCUT2D eigenvalue weighted by Gasteiger charge is 2.25. The molecule has 0 aliphatic carbocycles. The lowest BCUT2D eigenvalue weighted by Gasteiger charge is -2.26. The molecule has 0 radical (unpaired) electrons. The van der Waals surface area contributed by atoms with E-state index in [-0.39, 0.29) is 0 Å². The van der Waals surface area contributed by atoms with Crippen LogP contribution >= 0.6 is 0 Å². The second kappa shape index (κ2) is 17.4. The fourth-order valence-electron chi connectivity index (χ4n) is 11.0. The van der Waals surface area contributed by atoms with Crippen molar-refractivity contribution in [2.45, 2.75) is 27.7 Å². The monoisotopic (exact) mass is 924 g/mol. The van der Waals surface area contributed by atoms with Crippen LogP contribution in [0.2, 0.25) is 0 Å². The molecule has 0 unspecified atom stereocenters. The van der Waals surface area contributed by atoms with E-state index in [0.717, 1.165) is 62.1 Å². The molecule has 13 aromatic rings. The summed E-state index contributed by atoms with van der Waals surface area (Å²) in [5, 5.41) is 7.31. The molecule has 0 amide bonds. The van der Waals surface area contributed by atoms with Gasteiger partial charge in [-0.25, -0.2) is 0 Å². The van der Waals surface area contributed by atoms with E-state index in [0.29, 0.717) is 0 Å². The maximum absolute atomic E-state index is 2.53. The van der Waals surface area contributed by atoms with Crippen LogP contribution in [0.4, 0.5) is 34.1 Å². The maximum Gasteiger partial charge on any atom is 0.0789 e. The lowest BCUT2D eigenvalue weighted by Crippen LogP contribution is -2.10. The van der Waals surface area contributed by atoms with Gasteiger partial charge in [-0.15, -0.1) is 0 Å². The molecule has 0 bridgehead atoms. The van der Waals surface area contributed by atoms with Gasteiger partial charge in [-0.1, -0.05) is 162 Å². The third-order valence-electron chi connectivity index (χ3n) is 14.5. The van der Waals surface area contributed by atoms with Crippen molar-refractivity contribution in [1.29, 1.82) is 0 Å². The summed E-state index contributed by atoms with van der Waals surface area (Å²) in [6, 6.07) is 89.5. The molecule has 344 valence electrons. The molecule has 2 aromatic heterocycles. The van der Waals surface area contributed by atoms with Crippen molar-refractivity contribution in [3.05, 3.63) is 265 Å². The fourth-order valence-corrected chi connectivity index (χ4v) is 11.0. The number of anilines is 6. The van der Waals surface area contributed by atoms with Crippen LogP contribution in [0.1, 0.15) is 22.3 Å². The lowest BCUT2D eigenvalue weighted by atomic mass is 9.94. The van der Waals surface area contributed by atoms with Crippen LogP contribution in [-0.4, -0.2) is 9.13 Å². The van der Waals surface area contributed by atoms with Crippen molar-refractivity contribution in [3.8, 4) is 22.5 Å². The number of aryl methyl sites for hydroxylation is 4. The SMILES string of the molecule is Cc1ccc(N(c2ccc(C)cc2)c2ccc(-c3cc4c(c5ccccc35)c3ccc5c6ccc(N(c7ccc(C)cc7)c7ccc(C)cc7)cc6n(-c6ccccc6)c5c3n4-c3ccccc3)cc2)cc1. The zero-order chi connectivity index (χ0) is 48.5. The number of nitrogens with zero attached hydrogens (tertiary/aromatic N) is 4. The van der Waals surface area contributed by atoms with Crippen molar-refractivity contribution >= 4 is 88.5 Å². The van der Waals surface area contributed by atoms with Crippen LogP contribution in [0.3, 0.4) is 0 Å². The summed E-state index contributed by atoms with van der Waals surface area (Å²) < 4.78 is 5.03. The second-order valence-corrected chi connectivity index (χ2v) is 19.3. The maximum atomic E-state index is 2.53. The smallest absolute Gasteiger partial charge is 0.0789 e. The quantitative estimate of drug-likeness (QED) is 0.143. The van der Waals surface area contributed by atoms with Gasteiger partial charge in [-0.05, 0) is 153 Å². The minimum atomic E-state index is 1.09. The van der Waals surface area contributed by atoms with Crippen LogP contribution in [-0.2, 0) is 0 Å². The number of rotatable bonds is 9. The van der Waals surface area contributed by atoms with E-state index in [1.54, 1.807) is 0 Å². The molecule has 72 heavy (non-hydrogen) atoms. The first-order valence-electron chi connectivity index (χ1n) is 24.9. The molecule has 4 nitrogen and oxygen atoms in total. The molecule has 0 fully saturated rings. The van der Waals surface area contributed by atoms with Crippen LogP contribution in [0.25, 0.3) is 76.9 Å². The van der Waals surface area contributed by atoms with Crippen LogP contribution in [0.5, 0.6) is 0 Å². The molecule has 0 spiro atoms. The average Bonchev–Trinajstić information content (AvgIpc) is 3.94. The van der Waals surface area contributed by atoms with E-state index < -0.39 is 0 Å². The number of hydrogen-bond donors (Lipinski definition) is 0. The van der Waals surface area contributed by atoms with Gasteiger partial charge in [0.15, 0.2) is 0 Å². The van der Waals surface area contributed by atoms with E-state index in [1.807, 2.05) is 0 Å². The Morgan fingerprint density at radius 2 is 0.653 bits per heavy atom. The first-order chi connectivity index (χ1) is 35.4. The molecular formula is C68H52N4. The van der Waals surface area contributed by atoms with E-state index in [4.69, 9.17) is 0 Å². The van der Waals surface area contributed by atoms with Gasteiger partial charge in [0.05, 0.1) is 22.1 Å². The summed E-state index contributed by atoms with van der Waals surface area (Å²) in [5.41, 5.74) is 20.9. The molecular weight excluding hydrogens is 873 g/mol. The highest BCUT2D eigenvalue weighted by atomic mass is 15.1. The van der Waals surface area contributed by atoms with Gasteiger partial charge < -0.3 is 18.9 Å². The van der Waals surface area contributed by atoms with Gasteiger partial charge in [0, 0.05) is 67.0 Å². The highest BCUT2D eigenvalue weighted by molar-refractivity contribution is 6.30. The Morgan fingerprint density at radius 3 is 1.15 bits per heavy atom. The van der Waals surface area contributed by atoms with Gasteiger partial charge >= 0.3 is 0 Å². The Morgan fingerprint density at radius 1 is 0.278 bits per heavy atom. The standard InChI is InChI=1S/C68H52N4/c1-45-19-29-52(30-20-45)69(53-31-21-46(2)22-32-53)56-37-27-49(28-38-56)63-44-65-66(60-18-12-11-17-58(60)63)62-42-41-61-59-40-39-57(70(54-33-23-47(3)24-34-54)55-35-25-48(4)26-36-55)43-64(59)71(50-13-7-5-8-14-50)67(61)68(62)72(65)51-15-9-6-10-16-51/h5-44H,1-4H3. The number of fused-ring (bicyclic) bond motifs is 9. The minimum Gasteiger partial charge on any atom is -0.311 e. The number of benzene rings is 11. The summed E-state index contributed by atoms with van der Waals surface area (Å²) in [6.07, 6.45) is 0. The zero-order valence-corrected chi connectivity index (χ0v) is 40.9. The van der Waals surface area contributed by atoms with Gasteiger partial charge in [0.25, 0.3) is 0 Å². The molecule has 0 N–H and O–H groups in total. The minimum absolute atomic E-state index is 1.09. The molecule has 13 rings (SSSR count). The Kier molecular flexibility index (Phi) is 10.4. The predicted octanol–water partition coefficient (Wildman–Crippen LogP) is 18.9. The summed E-state index contributed by atoms with van der Waals surface area (Å²) in [4.78, 5) is 4.73. The van der Waals surface area contributed by atoms with Crippen molar-refractivity contribution < 1.29 is 0 Å². The Bertz CT molecular complexity index is 4040. The first kappa shape index (κ1) is 42.9. The Balaban J connectivity index is 1.07. The van der Waals surface area contributed by atoms with Gasteiger partial charge in [0.1, 0.15) is 0 Å². The summed E-state index contributed by atoms with van der Waals surface area (Å²) in [5.74, 6) is 0. The van der Waals surface area contributed by atoms with Crippen molar-refractivity contribution in [2.24, 2.45) is 0 Å². The van der Waals surface area contributed by atoms with E-state index in [2.05, 4.69) is 289 Å². The van der Waals surface area contributed by atoms with Crippen molar-refractivity contribution in [3.63, 3.8) is 0 Å². The zero-order valence-electron chi connectivity index (χ0n) is 40.9. The second-order valence-electron chi connectivity index (χ2n) is 19.3. The Labute approximate surface area is 420 Å². The summed E-state index contributed by atoms with van der Waals surface area (Å²) >= 11 is 0. The van der Waals surface area contributed by atoms with E-state index in [1.165, 1.54) is 71.2 Å². The molecule has 4 heteroatoms. The molecule has 0 saturated heterocycles. The highest BCUT2D eigenvalue weighted by Crippen LogP contribution is 2.47. The fraction of sp³-hybridized carbons (Fsp3) is 0.0588. The molecule has 11 aromatic carbocycles. The largest absolute Gasteiger partial charge is 0.311 e. The van der Waals surface area contributed by atoms with Gasteiger partial charge in [-0.2, -0.15) is 0 Å². The summed E-state index contributed by atoms with van der Waals surface area (Å²) in [7, 11) is 0.